The third-order valence-electron chi connectivity index (χ3n) is 4.01. The second kappa shape index (κ2) is 7.65. The molecule has 2 N–H and O–H groups in total. The molecule has 0 spiro atoms. The molecule has 0 saturated carbocycles. The minimum Gasteiger partial charge on any atom is -0.355 e. The summed E-state index contributed by atoms with van der Waals surface area (Å²) < 4.78 is 0. The summed E-state index contributed by atoms with van der Waals surface area (Å²) >= 11 is 0. The molecule has 1 aromatic carbocycles. The van der Waals surface area contributed by atoms with Gasteiger partial charge >= 0.3 is 0 Å². The van der Waals surface area contributed by atoms with Crippen molar-refractivity contribution in [2.24, 2.45) is 5.41 Å². The molecule has 2 rings (SSSR count). The first kappa shape index (κ1) is 17.0. The van der Waals surface area contributed by atoms with E-state index in [1.54, 1.807) is 0 Å². The summed E-state index contributed by atoms with van der Waals surface area (Å²) in [4.78, 5) is 12.0. The van der Waals surface area contributed by atoms with Gasteiger partial charge in [0.1, 0.15) is 0 Å². The molecule has 0 aliphatic carbocycles. The number of halogens is 1. The van der Waals surface area contributed by atoms with Gasteiger partial charge in [-0.1, -0.05) is 31.2 Å². The van der Waals surface area contributed by atoms with E-state index in [-0.39, 0.29) is 23.7 Å². The van der Waals surface area contributed by atoms with Crippen molar-refractivity contribution < 1.29 is 4.79 Å². The first-order valence-corrected chi connectivity index (χ1v) is 7.11. The van der Waals surface area contributed by atoms with Crippen molar-refractivity contribution in [2.75, 3.05) is 19.6 Å². The highest BCUT2D eigenvalue weighted by Crippen LogP contribution is 2.24. The molecule has 1 amide bonds. The van der Waals surface area contributed by atoms with Crippen LogP contribution in [0.1, 0.15) is 30.9 Å². The van der Waals surface area contributed by atoms with Crippen molar-refractivity contribution in [2.45, 2.75) is 33.1 Å². The van der Waals surface area contributed by atoms with E-state index in [2.05, 4.69) is 30.5 Å². The molecule has 1 aromatic rings. The van der Waals surface area contributed by atoms with Crippen LogP contribution >= 0.6 is 12.4 Å². The van der Waals surface area contributed by atoms with E-state index in [9.17, 15) is 4.79 Å². The minimum atomic E-state index is 0. The van der Waals surface area contributed by atoms with Gasteiger partial charge in [-0.3, -0.25) is 4.79 Å². The zero-order valence-electron chi connectivity index (χ0n) is 12.4. The maximum atomic E-state index is 12.0. The third-order valence-corrected chi connectivity index (χ3v) is 4.01. The average molecular weight is 297 g/mol. The van der Waals surface area contributed by atoms with Gasteiger partial charge in [-0.15, -0.1) is 12.4 Å². The lowest BCUT2D eigenvalue weighted by Gasteiger charge is -2.34. The molecule has 112 valence electrons. The lowest BCUT2D eigenvalue weighted by molar-refractivity contribution is -0.121. The van der Waals surface area contributed by atoms with E-state index in [0.29, 0.717) is 6.42 Å². The summed E-state index contributed by atoms with van der Waals surface area (Å²) in [6.07, 6.45) is 2.87. The summed E-state index contributed by atoms with van der Waals surface area (Å²) in [7, 11) is 0. The van der Waals surface area contributed by atoms with Crippen molar-refractivity contribution in [1.29, 1.82) is 0 Å². The van der Waals surface area contributed by atoms with Gasteiger partial charge in [-0.25, -0.2) is 0 Å². The Morgan fingerprint density at radius 1 is 1.40 bits per heavy atom. The van der Waals surface area contributed by atoms with Crippen molar-refractivity contribution in [3.63, 3.8) is 0 Å². The molecule has 1 atom stereocenters. The fraction of sp³-hybridized carbons (Fsp3) is 0.562. The average Bonchev–Trinajstić information content (AvgIpc) is 2.40. The molecule has 4 heteroatoms. The molecule has 1 saturated heterocycles. The van der Waals surface area contributed by atoms with Crippen LogP contribution in [0.5, 0.6) is 0 Å². The number of rotatable bonds is 4. The zero-order valence-corrected chi connectivity index (χ0v) is 13.2. The summed E-state index contributed by atoms with van der Waals surface area (Å²) in [6, 6.07) is 8.07. The van der Waals surface area contributed by atoms with E-state index in [1.165, 1.54) is 18.4 Å². The van der Waals surface area contributed by atoms with Gasteiger partial charge in [0.2, 0.25) is 5.91 Å². The van der Waals surface area contributed by atoms with Gasteiger partial charge in [0.25, 0.3) is 0 Å². The highest BCUT2D eigenvalue weighted by molar-refractivity contribution is 5.85. The second-order valence-electron chi connectivity index (χ2n) is 5.97. The first-order chi connectivity index (χ1) is 9.09. The molecule has 3 nitrogen and oxygen atoms in total. The van der Waals surface area contributed by atoms with E-state index >= 15 is 0 Å². The maximum absolute atomic E-state index is 12.0. The molecule has 0 radical (unpaired) electrons. The summed E-state index contributed by atoms with van der Waals surface area (Å²) in [6.45, 7) is 7.16. The number of aryl methyl sites for hydroxylation is 1. The van der Waals surface area contributed by atoms with Gasteiger partial charge in [0.05, 0.1) is 6.42 Å². The fourth-order valence-corrected chi connectivity index (χ4v) is 2.63. The lowest BCUT2D eigenvalue weighted by atomic mass is 9.83. The number of carbonyl (C=O) groups excluding carboxylic acids is 1. The van der Waals surface area contributed by atoms with Crippen LogP contribution in [-0.2, 0) is 11.2 Å². The van der Waals surface area contributed by atoms with Gasteiger partial charge in [-0.05, 0) is 42.9 Å². The van der Waals surface area contributed by atoms with Crippen LogP contribution in [0.3, 0.4) is 0 Å². The molecule has 1 unspecified atom stereocenters. The van der Waals surface area contributed by atoms with E-state index in [0.717, 1.165) is 25.2 Å². The third kappa shape index (κ3) is 4.80. The number of carbonyl (C=O) groups is 1. The van der Waals surface area contributed by atoms with Crippen LogP contribution in [0.25, 0.3) is 0 Å². The Labute approximate surface area is 127 Å². The van der Waals surface area contributed by atoms with E-state index < -0.39 is 0 Å². The molecule has 1 aliphatic heterocycles. The number of amides is 1. The molecular formula is C16H25ClN2O. The Morgan fingerprint density at radius 2 is 2.15 bits per heavy atom. The zero-order chi connectivity index (χ0) is 13.7. The normalized spacial score (nSPS) is 21.9. The topological polar surface area (TPSA) is 41.1 Å². The Bertz CT molecular complexity index is 442. The van der Waals surface area contributed by atoms with Crippen molar-refractivity contribution in [1.82, 2.24) is 10.6 Å². The Kier molecular flexibility index (Phi) is 6.50. The molecule has 1 fully saturated rings. The number of hydrogen-bond acceptors (Lipinski definition) is 2. The number of benzene rings is 1. The van der Waals surface area contributed by atoms with Crippen LogP contribution in [0.15, 0.2) is 24.3 Å². The fourth-order valence-electron chi connectivity index (χ4n) is 2.63. The lowest BCUT2D eigenvalue weighted by Crippen LogP contribution is -2.46. The summed E-state index contributed by atoms with van der Waals surface area (Å²) in [5.41, 5.74) is 2.51. The Balaban J connectivity index is 0.00000200. The van der Waals surface area contributed by atoms with E-state index in [4.69, 9.17) is 0 Å². The van der Waals surface area contributed by atoms with Crippen molar-refractivity contribution in [3.05, 3.63) is 35.4 Å². The molecule has 0 aromatic heterocycles. The van der Waals surface area contributed by atoms with Crippen LogP contribution in [0.4, 0.5) is 0 Å². The Morgan fingerprint density at radius 3 is 2.80 bits per heavy atom. The van der Waals surface area contributed by atoms with Gasteiger partial charge < -0.3 is 10.6 Å². The van der Waals surface area contributed by atoms with Gasteiger partial charge in [-0.2, -0.15) is 0 Å². The molecule has 0 bridgehead atoms. The second-order valence-corrected chi connectivity index (χ2v) is 5.97. The maximum Gasteiger partial charge on any atom is 0.224 e. The molecule has 1 heterocycles. The standard InChI is InChI=1S/C16H24N2O.ClH/c1-13-6-3-4-7-14(13)10-15(19)18-12-16(2)8-5-9-17-11-16;/h3-4,6-7,17H,5,8-12H2,1-2H3,(H,18,19);1H. The minimum absolute atomic E-state index is 0. The van der Waals surface area contributed by atoms with Crippen LogP contribution in [0, 0.1) is 12.3 Å². The predicted molar refractivity (Wildman–Crippen MR) is 85.4 cm³/mol. The summed E-state index contributed by atoms with van der Waals surface area (Å²) in [5, 5.41) is 6.50. The Hall–Kier alpha value is -1.06. The molecule has 1 aliphatic rings. The number of hydrogen-bond donors (Lipinski definition) is 2. The van der Waals surface area contributed by atoms with Crippen LogP contribution in [0.2, 0.25) is 0 Å². The first-order valence-electron chi connectivity index (χ1n) is 7.11. The molecular weight excluding hydrogens is 272 g/mol. The highest BCUT2D eigenvalue weighted by atomic mass is 35.5. The monoisotopic (exact) mass is 296 g/mol. The smallest absolute Gasteiger partial charge is 0.224 e. The van der Waals surface area contributed by atoms with Crippen LogP contribution in [-0.4, -0.2) is 25.5 Å². The molecule has 20 heavy (non-hydrogen) atoms. The predicted octanol–water partition coefficient (Wildman–Crippen LogP) is 2.47. The quantitative estimate of drug-likeness (QED) is 0.896. The van der Waals surface area contributed by atoms with Crippen molar-refractivity contribution in [3.8, 4) is 0 Å². The van der Waals surface area contributed by atoms with Gasteiger partial charge in [0.15, 0.2) is 0 Å². The number of nitrogens with one attached hydrogen (secondary N) is 2. The highest BCUT2D eigenvalue weighted by Gasteiger charge is 2.26. The summed E-state index contributed by atoms with van der Waals surface area (Å²) in [5.74, 6) is 0.126. The van der Waals surface area contributed by atoms with Gasteiger partial charge in [0, 0.05) is 13.1 Å². The van der Waals surface area contributed by atoms with E-state index in [1.807, 2.05) is 18.2 Å². The SMILES string of the molecule is Cc1ccccc1CC(=O)NCC1(C)CCCNC1.Cl. The number of piperidine rings is 1. The van der Waals surface area contributed by atoms with Crippen LogP contribution < -0.4 is 10.6 Å². The largest absolute Gasteiger partial charge is 0.355 e. The van der Waals surface area contributed by atoms with Crippen molar-refractivity contribution >= 4 is 18.3 Å².